The summed E-state index contributed by atoms with van der Waals surface area (Å²) in [6.45, 7) is 4.38. The highest BCUT2D eigenvalue weighted by Gasteiger charge is 2.39. The van der Waals surface area contributed by atoms with E-state index in [0.29, 0.717) is 17.6 Å². The molecule has 2 heterocycles. The van der Waals surface area contributed by atoms with Crippen molar-refractivity contribution in [2.45, 2.75) is 25.9 Å². The van der Waals surface area contributed by atoms with Gasteiger partial charge in [-0.1, -0.05) is 91.0 Å². The lowest BCUT2D eigenvalue weighted by Crippen LogP contribution is -2.38. The van der Waals surface area contributed by atoms with Crippen molar-refractivity contribution in [2.75, 3.05) is 5.73 Å². The van der Waals surface area contributed by atoms with Crippen molar-refractivity contribution in [3.05, 3.63) is 166 Å². The predicted molar refractivity (Wildman–Crippen MR) is 158 cm³/mol. The van der Waals surface area contributed by atoms with Crippen molar-refractivity contribution in [2.24, 2.45) is 0 Å². The molecular weight excluding hydrogens is 480 g/mol. The number of nitrogen functional groups attached to an aromatic ring is 1. The molecule has 39 heavy (non-hydrogen) atoms. The topological polar surface area (TPSA) is 65.8 Å². The summed E-state index contributed by atoms with van der Waals surface area (Å²) >= 11 is 0. The van der Waals surface area contributed by atoms with Gasteiger partial charge in [0.1, 0.15) is 5.54 Å². The SMILES string of the molecule is Cc1cc2c(=O)n(Cc3ncn(C(c4ccccc4)(c4ccccc4)c4ccccc4)c3C)ccc2cc1N. The maximum Gasteiger partial charge on any atom is 0.258 e. The van der Waals surface area contributed by atoms with Crippen LogP contribution in [0.15, 0.2) is 127 Å². The molecule has 6 rings (SSSR count). The minimum Gasteiger partial charge on any atom is -0.398 e. The number of imidazole rings is 1. The molecule has 0 amide bonds. The minimum atomic E-state index is -0.651. The quantitative estimate of drug-likeness (QED) is 0.212. The van der Waals surface area contributed by atoms with Gasteiger partial charge in [0.15, 0.2) is 0 Å². The first-order chi connectivity index (χ1) is 19.0. The van der Waals surface area contributed by atoms with Gasteiger partial charge in [-0.2, -0.15) is 0 Å². The minimum absolute atomic E-state index is 0.0509. The van der Waals surface area contributed by atoms with Gasteiger partial charge in [0.05, 0.1) is 18.6 Å². The fraction of sp³-hybridized carbons (Fsp3) is 0.118. The number of rotatable bonds is 6. The van der Waals surface area contributed by atoms with Gasteiger partial charge in [0.25, 0.3) is 5.56 Å². The molecule has 0 unspecified atom stereocenters. The first kappa shape index (κ1) is 24.4. The molecule has 0 atom stereocenters. The third-order valence-corrected chi connectivity index (χ3v) is 7.73. The van der Waals surface area contributed by atoms with Crippen LogP contribution in [0.25, 0.3) is 10.8 Å². The van der Waals surface area contributed by atoms with Gasteiger partial charge >= 0.3 is 0 Å². The highest BCUT2D eigenvalue weighted by Crippen LogP contribution is 2.41. The van der Waals surface area contributed by atoms with Crippen LogP contribution in [0.5, 0.6) is 0 Å². The van der Waals surface area contributed by atoms with Crippen molar-refractivity contribution < 1.29 is 0 Å². The number of fused-ring (bicyclic) bond motifs is 1. The van der Waals surface area contributed by atoms with Crippen molar-refractivity contribution in [1.29, 1.82) is 0 Å². The van der Waals surface area contributed by atoms with Gasteiger partial charge in [-0.15, -0.1) is 0 Å². The van der Waals surface area contributed by atoms with Crippen molar-refractivity contribution in [1.82, 2.24) is 14.1 Å². The monoisotopic (exact) mass is 510 g/mol. The van der Waals surface area contributed by atoms with Gasteiger partial charge in [-0.3, -0.25) is 4.79 Å². The Hall–Kier alpha value is -4.90. The number of anilines is 1. The Balaban J connectivity index is 1.55. The number of aryl methyl sites for hydroxylation is 1. The standard InChI is InChI=1S/C34H30N4O/c1-24-20-30-26(21-31(24)35)18-19-37(33(30)39)22-32-25(2)38(23-36-32)34(27-12-6-3-7-13-27,28-14-8-4-9-15-28)29-16-10-5-11-17-29/h3-21,23H,22,35H2,1-2H3. The van der Waals surface area contributed by atoms with Crippen LogP contribution in [0.1, 0.15) is 33.6 Å². The summed E-state index contributed by atoms with van der Waals surface area (Å²) in [5.41, 5.74) is 12.2. The van der Waals surface area contributed by atoms with Gasteiger partial charge < -0.3 is 14.9 Å². The fourth-order valence-electron chi connectivity index (χ4n) is 5.64. The lowest BCUT2D eigenvalue weighted by molar-refractivity contribution is 0.502. The maximum atomic E-state index is 13.5. The Kier molecular flexibility index (Phi) is 6.12. The van der Waals surface area contributed by atoms with Crippen LogP contribution in [0, 0.1) is 13.8 Å². The summed E-state index contributed by atoms with van der Waals surface area (Å²) in [6.07, 6.45) is 3.74. The highest BCUT2D eigenvalue weighted by atomic mass is 16.1. The molecule has 0 bridgehead atoms. The van der Waals surface area contributed by atoms with Gasteiger partial charge in [-0.25, -0.2) is 4.98 Å². The first-order valence-corrected chi connectivity index (χ1v) is 13.1. The van der Waals surface area contributed by atoms with Crippen LogP contribution in [0.3, 0.4) is 0 Å². The summed E-state index contributed by atoms with van der Waals surface area (Å²) in [4.78, 5) is 18.4. The molecule has 0 fully saturated rings. The van der Waals surface area contributed by atoms with E-state index in [1.165, 1.54) is 0 Å². The number of benzene rings is 4. The average molecular weight is 511 g/mol. The molecule has 192 valence electrons. The second kappa shape index (κ2) is 9.76. The zero-order valence-corrected chi connectivity index (χ0v) is 22.1. The normalized spacial score (nSPS) is 11.6. The molecule has 4 aromatic carbocycles. The number of aromatic nitrogens is 3. The molecule has 0 spiro atoms. The first-order valence-electron chi connectivity index (χ1n) is 13.1. The molecule has 2 aromatic heterocycles. The van der Waals surface area contributed by atoms with Crippen molar-refractivity contribution >= 4 is 16.5 Å². The Morgan fingerprint density at radius 1 is 0.769 bits per heavy atom. The number of hydrogen-bond acceptors (Lipinski definition) is 3. The smallest absolute Gasteiger partial charge is 0.258 e. The summed E-state index contributed by atoms with van der Waals surface area (Å²) < 4.78 is 3.98. The number of pyridine rings is 1. The molecule has 0 aliphatic rings. The molecule has 0 radical (unpaired) electrons. The number of nitrogens with zero attached hydrogens (tertiary/aromatic N) is 3. The van der Waals surface area contributed by atoms with Crippen LogP contribution in [0.4, 0.5) is 5.69 Å². The van der Waals surface area contributed by atoms with E-state index < -0.39 is 5.54 Å². The van der Waals surface area contributed by atoms with Crippen LogP contribution in [-0.4, -0.2) is 14.1 Å². The predicted octanol–water partition coefficient (Wildman–Crippen LogP) is 6.29. The van der Waals surface area contributed by atoms with E-state index in [0.717, 1.165) is 39.0 Å². The van der Waals surface area contributed by atoms with E-state index in [-0.39, 0.29) is 5.56 Å². The van der Waals surface area contributed by atoms with E-state index in [9.17, 15) is 4.79 Å². The summed E-state index contributed by atoms with van der Waals surface area (Å²) in [5.74, 6) is 0. The zero-order valence-electron chi connectivity index (χ0n) is 22.1. The van der Waals surface area contributed by atoms with Crippen LogP contribution in [-0.2, 0) is 12.1 Å². The van der Waals surface area contributed by atoms with Gasteiger partial charge in [-0.05, 0) is 59.7 Å². The second-order valence-corrected chi connectivity index (χ2v) is 10.0. The highest BCUT2D eigenvalue weighted by molar-refractivity contribution is 5.85. The molecular formula is C34H30N4O. The van der Waals surface area contributed by atoms with E-state index in [1.54, 1.807) is 4.57 Å². The Morgan fingerprint density at radius 2 is 1.31 bits per heavy atom. The van der Waals surface area contributed by atoms with Crippen LogP contribution < -0.4 is 11.3 Å². The number of nitrogens with two attached hydrogens (primary N) is 1. The molecule has 0 aliphatic carbocycles. The van der Waals surface area contributed by atoms with E-state index in [1.807, 2.05) is 55.8 Å². The summed E-state index contributed by atoms with van der Waals surface area (Å²) in [6, 6.07) is 37.3. The largest absolute Gasteiger partial charge is 0.398 e. The summed E-state index contributed by atoms with van der Waals surface area (Å²) in [7, 11) is 0. The lowest BCUT2D eigenvalue weighted by atomic mass is 9.76. The van der Waals surface area contributed by atoms with Crippen molar-refractivity contribution in [3.63, 3.8) is 0 Å². The molecule has 2 N–H and O–H groups in total. The third-order valence-electron chi connectivity index (χ3n) is 7.73. The molecule has 0 aliphatic heterocycles. The zero-order chi connectivity index (χ0) is 27.0. The molecule has 5 nitrogen and oxygen atoms in total. The maximum absolute atomic E-state index is 13.5. The molecule has 6 aromatic rings. The van der Waals surface area contributed by atoms with Gasteiger partial charge in [0, 0.05) is 23.0 Å². The summed E-state index contributed by atoms with van der Waals surface area (Å²) in [5, 5.41) is 1.51. The van der Waals surface area contributed by atoms with E-state index in [4.69, 9.17) is 10.7 Å². The van der Waals surface area contributed by atoms with Gasteiger partial charge in [0.2, 0.25) is 0 Å². The molecule has 0 saturated carbocycles. The molecule has 5 heteroatoms. The van der Waals surface area contributed by atoms with E-state index >= 15 is 0 Å². The van der Waals surface area contributed by atoms with E-state index in [2.05, 4.69) is 84.3 Å². The lowest BCUT2D eigenvalue weighted by Gasteiger charge is -2.38. The Labute approximate surface area is 227 Å². The van der Waals surface area contributed by atoms with Crippen LogP contribution >= 0.6 is 0 Å². The second-order valence-electron chi connectivity index (χ2n) is 10.0. The Morgan fingerprint density at radius 3 is 1.85 bits per heavy atom. The van der Waals surface area contributed by atoms with Crippen molar-refractivity contribution in [3.8, 4) is 0 Å². The average Bonchev–Trinajstić information content (AvgIpc) is 3.33. The number of hydrogen-bond donors (Lipinski definition) is 1. The van der Waals surface area contributed by atoms with Crippen LogP contribution in [0.2, 0.25) is 0 Å². The Bertz CT molecular complexity index is 1720. The molecule has 0 saturated heterocycles. The fourth-order valence-corrected chi connectivity index (χ4v) is 5.64. The third kappa shape index (κ3) is 4.03.